The summed E-state index contributed by atoms with van der Waals surface area (Å²) in [6.07, 6.45) is -1.79. The van der Waals surface area contributed by atoms with Crippen LogP contribution in [0.25, 0.3) is 0 Å². The van der Waals surface area contributed by atoms with Crippen LogP contribution in [0.3, 0.4) is 0 Å². The molecule has 3 fully saturated rings. The number of aliphatic hydroxyl groups excluding tert-OH is 2. The van der Waals surface area contributed by atoms with Crippen LogP contribution in [0.4, 0.5) is 0 Å². The fraction of sp³-hybridized carbons (Fsp3) is 0.462. The van der Waals surface area contributed by atoms with Gasteiger partial charge in [-0.2, -0.15) is 5.26 Å². The molecule has 0 spiro atoms. The third kappa shape index (κ3) is 2.49. The monoisotopic (exact) mass is 295 g/mol. The first kappa shape index (κ1) is 13.3. The van der Waals surface area contributed by atoms with Crippen LogP contribution < -0.4 is 0 Å². The zero-order chi connectivity index (χ0) is 13.4. The van der Waals surface area contributed by atoms with Gasteiger partial charge in [-0.15, -0.1) is 11.8 Å². The van der Waals surface area contributed by atoms with Crippen LogP contribution in [0, 0.1) is 11.3 Å². The number of hydrogen-bond donors (Lipinski definition) is 2. The quantitative estimate of drug-likeness (QED) is 0.854. The molecule has 6 heteroatoms. The number of nitrogens with zero attached hydrogens (tertiary/aromatic N) is 1. The van der Waals surface area contributed by atoms with E-state index in [-0.39, 0.29) is 16.8 Å². The molecule has 4 rings (SSSR count). The molecular weight excluding hydrogens is 282 g/mol. The van der Waals surface area contributed by atoms with E-state index in [9.17, 15) is 10.2 Å². The van der Waals surface area contributed by atoms with Gasteiger partial charge in [-0.05, 0) is 24.3 Å². The summed E-state index contributed by atoms with van der Waals surface area (Å²) in [6.45, 7) is 0. The molecule has 0 aromatic heterocycles. The highest BCUT2D eigenvalue weighted by atomic mass is 32.2. The first-order valence-electron chi connectivity index (χ1n) is 5.99. The Bertz CT molecular complexity index is 500. The van der Waals surface area contributed by atoms with Gasteiger partial charge < -0.3 is 14.9 Å². The molecule has 19 heavy (non-hydrogen) atoms. The highest BCUT2D eigenvalue weighted by Crippen LogP contribution is 2.44. The minimum Gasteiger partial charge on any atom is -0.389 e. The van der Waals surface area contributed by atoms with E-state index in [1.807, 2.05) is 12.1 Å². The summed E-state index contributed by atoms with van der Waals surface area (Å²) in [6, 6.07) is 9.37. The predicted molar refractivity (Wildman–Crippen MR) is 73.9 cm³/mol. The highest BCUT2D eigenvalue weighted by Gasteiger charge is 2.49. The van der Waals surface area contributed by atoms with E-state index in [1.165, 1.54) is 11.8 Å². The lowest BCUT2D eigenvalue weighted by molar-refractivity contribution is -0.138. The summed E-state index contributed by atoms with van der Waals surface area (Å²) in [5, 5.41) is 28.4. The van der Waals surface area contributed by atoms with Crippen molar-refractivity contribution in [2.75, 3.05) is 5.75 Å². The lowest BCUT2D eigenvalue weighted by Gasteiger charge is -2.47. The molecule has 0 unspecified atom stereocenters. The molecular formula is C13H13NO3S2. The molecule has 3 aliphatic rings. The van der Waals surface area contributed by atoms with E-state index in [2.05, 4.69) is 6.07 Å². The Morgan fingerprint density at radius 1 is 1.26 bits per heavy atom. The number of thioether (sulfide) groups is 2. The van der Waals surface area contributed by atoms with Crippen LogP contribution in [0.1, 0.15) is 5.56 Å². The fourth-order valence-corrected chi connectivity index (χ4v) is 4.99. The molecule has 0 saturated carbocycles. The zero-order valence-corrected chi connectivity index (χ0v) is 11.6. The molecule has 0 aliphatic carbocycles. The molecule has 3 aliphatic heterocycles. The number of fused-ring (bicyclic) bond motifs is 3. The van der Waals surface area contributed by atoms with E-state index in [4.69, 9.17) is 10.00 Å². The third-order valence-electron chi connectivity index (χ3n) is 3.33. The number of nitriles is 1. The van der Waals surface area contributed by atoms with Crippen LogP contribution >= 0.6 is 23.5 Å². The van der Waals surface area contributed by atoms with Crippen molar-refractivity contribution < 1.29 is 14.9 Å². The topological polar surface area (TPSA) is 73.5 Å². The number of rotatable bonds is 2. The predicted octanol–water partition coefficient (Wildman–Crippen LogP) is 1.21. The molecule has 3 saturated heterocycles. The van der Waals surface area contributed by atoms with Crippen molar-refractivity contribution in [1.29, 1.82) is 5.26 Å². The first-order valence-corrected chi connectivity index (χ1v) is 7.92. The largest absolute Gasteiger partial charge is 0.389 e. The number of aliphatic hydroxyl groups is 2. The number of ether oxygens (including phenoxy) is 1. The van der Waals surface area contributed by atoms with Gasteiger partial charge in [0.25, 0.3) is 0 Å². The van der Waals surface area contributed by atoms with Gasteiger partial charge in [0.05, 0.1) is 29.1 Å². The summed E-state index contributed by atoms with van der Waals surface area (Å²) in [7, 11) is 0. The van der Waals surface area contributed by atoms with Crippen LogP contribution in [0.15, 0.2) is 29.2 Å². The van der Waals surface area contributed by atoms with Gasteiger partial charge in [-0.25, -0.2) is 0 Å². The van der Waals surface area contributed by atoms with Crippen LogP contribution in [0.2, 0.25) is 0 Å². The van der Waals surface area contributed by atoms with E-state index < -0.39 is 12.2 Å². The standard InChI is InChI=1S/C13H13NO3S2/c14-5-7-1-3-8(4-2-7)19-13-12-11(16)10(15)9(17-13)6-18-12/h1-4,9-13,15-16H,6H2/t9-,10-,11-,12+,13+/m1/s1. The maximum atomic E-state index is 9.99. The average molecular weight is 295 g/mol. The van der Waals surface area contributed by atoms with E-state index in [0.29, 0.717) is 5.56 Å². The minimum atomic E-state index is -0.774. The SMILES string of the molecule is N#Cc1ccc(S[C@@H]2O[C@@H]3CS[C@H]2[C@H](O)[C@@H]3O)cc1. The average Bonchev–Trinajstić information content (AvgIpc) is 2.45. The van der Waals surface area contributed by atoms with Crippen molar-refractivity contribution in [3.63, 3.8) is 0 Å². The zero-order valence-electron chi connectivity index (χ0n) is 9.97. The molecule has 100 valence electrons. The van der Waals surface area contributed by atoms with Crippen LogP contribution in [-0.4, -0.2) is 45.0 Å². The summed E-state index contributed by atoms with van der Waals surface area (Å²) in [5.74, 6) is 0.729. The molecule has 4 nitrogen and oxygen atoms in total. The van der Waals surface area contributed by atoms with Crippen molar-refractivity contribution in [2.45, 2.75) is 33.9 Å². The van der Waals surface area contributed by atoms with Crippen molar-refractivity contribution in [3.05, 3.63) is 29.8 Å². The second-order valence-corrected chi connectivity index (χ2v) is 6.96. The third-order valence-corrected chi connectivity index (χ3v) is 6.12. The summed E-state index contributed by atoms with van der Waals surface area (Å²) in [4.78, 5) is 0.999. The van der Waals surface area contributed by atoms with Crippen LogP contribution in [0.5, 0.6) is 0 Å². The second kappa shape index (κ2) is 5.35. The van der Waals surface area contributed by atoms with Crippen LogP contribution in [-0.2, 0) is 4.74 Å². The summed E-state index contributed by atoms with van der Waals surface area (Å²) < 4.78 is 5.80. The molecule has 1 aromatic carbocycles. The van der Waals surface area contributed by atoms with Gasteiger partial charge in [0, 0.05) is 10.6 Å². The Morgan fingerprint density at radius 3 is 2.63 bits per heavy atom. The molecule has 2 bridgehead atoms. The van der Waals surface area contributed by atoms with Gasteiger partial charge in [0.15, 0.2) is 0 Å². The Hall–Kier alpha value is -0.710. The lowest BCUT2D eigenvalue weighted by Crippen LogP contribution is -2.60. The fourth-order valence-electron chi connectivity index (χ4n) is 2.26. The number of benzene rings is 1. The molecule has 5 atom stereocenters. The van der Waals surface area contributed by atoms with Gasteiger partial charge in [-0.3, -0.25) is 0 Å². The van der Waals surface area contributed by atoms with E-state index >= 15 is 0 Å². The second-order valence-electron chi connectivity index (χ2n) is 4.58. The van der Waals surface area contributed by atoms with E-state index in [0.717, 1.165) is 10.6 Å². The van der Waals surface area contributed by atoms with Gasteiger partial charge >= 0.3 is 0 Å². The van der Waals surface area contributed by atoms with Crippen molar-refractivity contribution in [2.24, 2.45) is 0 Å². The normalized spacial score (nSPS) is 37.0. The Labute approximate surface area is 119 Å². The number of hydrogen-bond acceptors (Lipinski definition) is 6. The first-order chi connectivity index (χ1) is 9.19. The molecule has 1 aromatic rings. The van der Waals surface area contributed by atoms with E-state index in [1.54, 1.807) is 23.9 Å². The summed E-state index contributed by atoms with van der Waals surface area (Å²) >= 11 is 3.18. The Morgan fingerprint density at radius 2 is 2.00 bits per heavy atom. The maximum Gasteiger partial charge on any atom is 0.122 e. The highest BCUT2D eigenvalue weighted by molar-refractivity contribution is 8.03. The van der Waals surface area contributed by atoms with Crippen molar-refractivity contribution in [3.8, 4) is 6.07 Å². The smallest absolute Gasteiger partial charge is 0.122 e. The van der Waals surface area contributed by atoms with Gasteiger partial charge in [0.1, 0.15) is 11.5 Å². The molecule has 3 heterocycles. The van der Waals surface area contributed by atoms with Crippen molar-refractivity contribution >= 4 is 23.5 Å². The Kier molecular flexibility index (Phi) is 3.74. The minimum absolute atomic E-state index is 0.111. The Balaban J connectivity index is 1.72. The molecule has 2 N–H and O–H groups in total. The summed E-state index contributed by atoms with van der Waals surface area (Å²) in [5.41, 5.74) is 0.468. The molecule has 0 amide bonds. The van der Waals surface area contributed by atoms with Gasteiger partial charge in [0.2, 0.25) is 0 Å². The lowest BCUT2D eigenvalue weighted by atomic mass is 10.0. The van der Waals surface area contributed by atoms with Crippen molar-refractivity contribution in [1.82, 2.24) is 0 Å². The maximum absolute atomic E-state index is 9.99. The van der Waals surface area contributed by atoms with Gasteiger partial charge in [-0.1, -0.05) is 11.8 Å². The molecule has 0 radical (unpaired) electrons.